The third-order valence-corrected chi connectivity index (χ3v) is 6.60. The molecule has 0 bridgehead atoms. The number of nitrogens with one attached hydrogen (secondary N) is 1. The fourth-order valence-corrected chi connectivity index (χ4v) is 4.71. The van der Waals surface area contributed by atoms with Crippen LogP contribution in [0.25, 0.3) is 11.7 Å². The number of amides is 1. The van der Waals surface area contributed by atoms with Gasteiger partial charge in [0, 0.05) is 41.7 Å². The van der Waals surface area contributed by atoms with Gasteiger partial charge in [0.1, 0.15) is 11.5 Å². The van der Waals surface area contributed by atoms with Crippen molar-refractivity contribution in [2.24, 2.45) is 0 Å². The highest BCUT2D eigenvalue weighted by Crippen LogP contribution is 2.27. The van der Waals surface area contributed by atoms with Gasteiger partial charge in [0.2, 0.25) is 0 Å². The summed E-state index contributed by atoms with van der Waals surface area (Å²) < 4.78 is 1.22. The van der Waals surface area contributed by atoms with E-state index in [0.717, 1.165) is 17.8 Å². The lowest BCUT2D eigenvalue weighted by molar-refractivity contribution is -0.131. The molecule has 0 radical (unpaired) electrons. The molecule has 36 heavy (non-hydrogen) atoms. The van der Waals surface area contributed by atoms with Gasteiger partial charge in [-0.05, 0) is 24.6 Å². The first kappa shape index (κ1) is 25.5. The molecular formula is C24H27N5O6S. The molecule has 3 aromatic heterocycles. The molecule has 12 heteroatoms. The predicted molar refractivity (Wildman–Crippen MR) is 136 cm³/mol. The number of rotatable bonds is 5. The van der Waals surface area contributed by atoms with E-state index in [1.165, 1.54) is 34.1 Å². The Labute approximate surface area is 210 Å². The molecular weight excluding hydrogens is 486 g/mol. The monoisotopic (exact) mass is 513 g/mol. The van der Waals surface area contributed by atoms with Crippen molar-refractivity contribution in [3.63, 3.8) is 0 Å². The number of carboxylic acids is 1. The van der Waals surface area contributed by atoms with Crippen LogP contribution in [0.3, 0.4) is 0 Å². The molecule has 4 heterocycles. The summed E-state index contributed by atoms with van der Waals surface area (Å²) in [7, 11) is 0. The van der Waals surface area contributed by atoms with E-state index < -0.39 is 29.6 Å². The molecule has 4 N–H and O–H groups in total. The van der Waals surface area contributed by atoms with Gasteiger partial charge in [-0.15, -0.1) is 11.3 Å². The molecule has 3 aromatic rings. The second-order valence-electron chi connectivity index (χ2n) is 9.58. The largest absolute Gasteiger partial charge is 0.478 e. The maximum atomic E-state index is 13.3. The number of carboxylic acid groups (broad SMARTS) is 1. The number of β-amino-alcohol motifs (C(OH)–C–C–N with tert-alkyl or cyclic N) is 1. The van der Waals surface area contributed by atoms with Crippen LogP contribution in [-0.2, 0) is 10.2 Å². The van der Waals surface area contributed by atoms with Gasteiger partial charge in [-0.1, -0.05) is 20.8 Å². The molecule has 2 unspecified atom stereocenters. The normalized spacial score (nSPS) is 18.6. The van der Waals surface area contributed by atoms with Gasteiger partial charge in [0.25, 0.3) is 11.5 Å². The summed E-state index contributed by atoms with van der Waals surface area (Å²) in [6.07, 6.45) is 1.69. The van der Waals surface area contributed by atoms with Crippen LogP contribution in [0, 0.1) is 0 Å². The second kappa shape index (κ2) is 9.80. The van der Waals surface area contributed by atoms with E-state index in [4.69, 9.17) is 5.11 Å². The van der Waals surface area contributed by atoms with E-state index in [2.05, 4.69) is 15.3 Å². The number of hydrogen-bond donors (Lipinski definition) is 4. The number of pyridine rings is 1. The molecule has 0 spiro atoms. The highest BCUT2D eigenvalue weighted by molar-refractivity contribution is 7.14. The molecule has 1 saturated heterocycles. The summed E-state index contributed by atoms with van der Waals surface area (Å²) >= 11 is 1.32. The minimum atomic E-state index is -1.23. The first-order valence-electron chi connectivity index (χ1n) is 11.3. The quantitative estimate of drug-likeness (QED) is 0.373. The van der Waals surface area contributed by atoms with Crippen LogP contribution in [0.2, 0.25) is 0 Å². The molecule has 2 atom stereocenters. The molecule has 1 amide bonds. The van der Waals surface area contributed by atoms with Gasteiger partial charge >= 0.3 is 5.97 Å². The van der Waals surface area contributed by atoms with Crippen molar-refractivity contribution in [1.29, 1.82) is 0 Å². The molecule has 4 rings (SSSR count). The molecule has 0 saturated carbocycles. The van der Waals surface area contributed by atoms with E-state index in [1.54, 1.807) is 4.90 Å². The average Bonchev–Trinajstić information content (AvgIpc) is 3.29. The Morgan fingerprint density at radius 2 is 1.97 bits per heavy atom. The third kappa shape index (κ3) is 5.30. The van der Waals surface area contributed by atoms with Crippen molar-refractivity contribution in [2.45, 2.75) is 44.8 Å². The number of piperidine rings is 1. The molecule has 1 aliphatic rings. The van der Waals surface area contributed by atoms with Gasteiger partial charge in [-0.25, -0.2) is 14.8 Å². The number of fused-ring (bicyclic) bond motifs is 1. The molecule has 0 aliphatic carbocycles. The Morgan fingerprint density at radius 1 is 1.22 bits per heavy atom. The summed E-state index contributed by atoms with van der Waals surface area (Å²) in [5.74, 6) is -1.49. The number of thiazole rings is 1. The highest BCUT2D eigenvalue weighted by atomic mass is 32.1. The minimum absolute atomic E-state index is 0.0119. The maximum Gasteiger partial charge on any atom is 0.328 e. The summed E-state index contributed by atoms with van der Waals surface area (Å²) in [6, 6.07) is 2.92. The number of aliphatic hydroxyl groups is 2. The van der Waals surface area contributed by atoms with Crippen LogP contribution in [0.1, 0.15) is 48.8 Å². The van der Waals surface area contributed by atoms with Crippen molar-refractivity contribution >= 4 is 45.9 Å². The van der Waals surface area contributed by atoms with E-state index in [9.17, 15) is 24.6 Å². The van der Waals surface area contributed by atoms with Crippen LogP contribution in [-0.4, -0.2) is 66.9 Å². The number of carbonyl (C=O) groups excluding carboxylic acids is 1. The van der Waals surface area contributed by atoms with Gasteiger partial charge in [0.05, 0.1) is 23.5 Å². The number of anilines is 2. The minimum Gasteiger partial charge on any atom is -0.478 e. The SMILES string of the molecule is CC(C)(C)c1csc(NC(=O)c2ccn3c(=O)c(C=CC(=O)O)c(N4CCC(O)C(O)C4)nc3c2)n1. The Morgan fingerprint density at radius 3 is 2.61 bits per heavy atom. The lowest BCUT2D eigenvalue weighted by Crippen LogP contribution is -2.47. The first-order valence-corrected chi connectivity index (χ1v) is 12.2. The standard InChI is InChI=1S/C24H27N5O6S/c1-24(2,3)17-12-36-23(25-17)27-21(34)13-6-9-29-18(10-13)26-20(14(22(29)35)4-5-19(32)33)28-8-7-15(30)16(31)11-28/h4-6,9-10,12,15-16,30-31H,7-8,11H2,1-3H3,(H,32,33)(H,25,27,34). The summed E-state index contributed by atoms with van der Waals surface area (Å²) in [6.45, 7) is 6.40. The Hall–Kier alpha value is -3.61. The lowest BCUT2D eigenvalue weighted by Gasteiger charge is -2.34. The predicted octanol–water partition coefficient (Wildman–Crippen LogP) is 1.73. The summed E-state index contributed by atoms with van der Waals surface area (Å²) in [4.78, 5) is 47.9. The number of aliphatic hydroxyl groups excluding tert-OH is 2. The van der Waals surface area contributed by atoms with Gasteiger partial charge in [-0.3, -0.25) is 19.3 Å². The first-order chi connectivity index (χ1) is 16.9. The van der Waals surface area contributed by atoms with E-state index in [1.807, 2.05) is 26.2 Å². The van der Waals surface area contributed by atoms with Gasteiger partial charge in [0.15, 0.2) is 5.13 Å². The van der Waals surface area contributed by atoms with Gasteiger partial charge < -0.3 is 20.2 Å². The van der Waals surface area contributed by atoms with Crippen LogP contribution in [0.15, 0.2) is 34.6 Å². The lowest BCUT2D eigenvalue weighted by atomic mass is 9.93. The zero-order valence-corrected chi connectivity index (χ0v) is 20.8. The summed E-state index contributed by atoms with van der Waals surface area (Å²) in [5.41, 5.74) is 0.612. The second-order valence-corrected chi connectivity index (χ2v) is 10.4. The van der Waals surface area contributed by atoms with Crippen LogP contribution < -0.4 is 15.8 Å². The fraction of sp³-hybridized carbons (Fsp3) is 0.375. The van der Waals surface area contributed by atoms with Crippen molar-refractivity contribution in [3.8, 4) is 0 Å². The third-order valence-electron chi connectivity index (χ3n) is 5.84. The van der Waals surface area contributed by atoms with Crippen molar-refractivity contribution < 1.29 is 24.9 Å². The smallest absolute Gasteiger partial charge is 0.328 e. The molecule has 1 aliphatic heterocycles. The van der Waals surface area contributed by atoms with Crippen LogP contribution in [0.5, 0.6) is 0 Å². The van der Waals surface area contributed by atoms with E-state index >= 15 is 0 Å². The average molecular weight is 514 g/mol. The number of carbonyl (C=O) groups is 2. The number of aromatic nitrogens is 3. The Kier molecular flexibility index (Phi) is 6.94. The molecule has 1 fully saturated rings. The number of aliphatic carboxylic acids is 1. The zero-order valence-electron chi connectivity index (χ0n) is 20.0. The Balaban J connectivity index is 1.72. The zero-order chi connectivity index (χ0) is 26.2. The van der Waals surface area contributed by atoms with Crippen LogP contribution in [0.4, 0.5) is 10.9 Å². The summed E-state index contributed by atoms with van der Waals surface area (Å²) in [5, 5.41) is 34.2. The van der Waals surface area contributed by atoms with E-state index in [-0.39, 0.29) is 41.0 Å². The number of nitrogens with zero attached hydrogens (tertiary/aromatic N) is 4. The van der Waals surface area contributed by atoms with Crippen molar-refractivity contribution in [1.82, 2.24) is 14.4 Å². The number of hydrogen-bond acceptors (Lipinski definition) is 9. The fourth-order valence-electron chi connectivity index (χ4n) is 3.78. The van der Waals surface area contributed by atoms with Crippen LogP contribution >= 0.6 is 11.3 Å². The van der Waals surface area contributed by atoms with E-state index in [0.29, 0.717) is 11.7 Å². The highest BCUT2D eigenvalue weighted by Gasteiger charge is 2.29. The van der Waals surface area contributed by atoms with Crippen molar-refractivity contribution in [2.75, 3.05) is 23.3 Å². The topological polar surface area (TPSA) is 157 Å². The molecule has 0 aromatic carbocycles. The van der Waals surface area contributed by atoms with Crippen molar-refractivity contribution in [3.05, 3.63) is 57.0 Å². The maximum absolute atomic E-state index is 13.3. The molecule has 190 valence electrons. The Bertz CT molecular complexity index is 1410. The molecule has 11 nitrogen and oxygen atoms in total. The van der Waals surface area contributed by atoms with Gasteiger partial charge in [-0.2, -0.15) is 0 Å².